The highest BCUT2D eigenvalue weighted by molar-refractivity contribution is 7.89. The number of anilines is 2. The molecule has 4 heterocycles. The first kappa shape index (κ1) is 19.9. The van der Waals surface area contributed by atoms with E-state index in [1.165, 1.54) is 11.2 Å². The van der Waals surface area contributed by atoms with Gasteiger partial charge in [-0.15, -0.1) is 15.3 Å². The average Bonchev–Trinajstić information content (AvgIpc) is 3.35. The van der Waals surface area contributed by atoms with Crippen molar-refractivity contribution in [3.8, 4) is 0 Å². The number of carbonyl (C=O) groups is 1. The van der Waals surface area contributed by atoms with E-state index in [9.17, 15) is 13.2 Å². The van der Waals surface area contributed by atoms with Crippen LogP contribution in [0.25, 0.3) is 5.65 Å². The standard InChI is InChI=1S/C20H23N7O3S/c1-14-11-16-12-17(3-4-18(16)27(14)15(2)28)31(29,30)25-9-7-24(8-10-25)20-6-5-19-22-21-13-26(19)23-20/h3-6,12-14H,7-11H2,1-2H3/t14-/m1/s1. The van der Waals surface area contributed by atoms with E-state index in [4.69, 9.17) is 0 Å². The first-order valence-electron chi connectivity index (χ1n) is 10.2. The number of nitrogens with zero attached hydrogens (tertiary/aromatic N) is 7. The lowest BCUT2D eigenvalue weighted by atomic mass is 10.1. The summed E-state index contributed by atoms with van der Waals surface area (Å²) in [6.07, 6.45) is 2.20. The van der Waals surface area contributed by atoms with E-state index < -0.39 is 10.0 Å². The second-order valence-electron chi connectivity index (χ2n) is 7.95. The van der Waals surface area contributed by atoms with Gasteiger partial charge in [-0.05, 0) is 49.2 Å². The van der Waals surface area contributed by atoms with E-state index in [0.717, 1.165) is 17.1 Å². The SMILES string of the molecule is CC(=O)N1c2ccc(S(=O)(=O)N3CCN(c4ccc5nncn5n4)CC3)cc2C[C@H]1C. The zero-order valence-corrected chi connectivity index (χ0v) is 18.2. The second-order valence-corrected chi connectivity index (χ2v) is 9.89. The van der Waals surface area contributed by atoms with E-state index in [0.29, 0.717) is 38.2 Å². The molecule has 1 atom stereocenters. The van der Waals surface area contributed by atoms with Gasteiger partial charge in [0.1, 0.15) is 12.1 Å². The van der Waals surface area contributed by atoms with E-state index in [1.807, 2.05) is 19.1 Å². The zero-order valence-electron chi connectivity index (χ0n) is 17.3. The lowest BCUT2D eigenvalue weighted by Gasteiger charge is -2.34. The summed E-state index contributed by atoms with van der Waals surface area (Å²) in [5.74, 6) is 0.733. The van der Waals surface area contributed by atoms with E-state index in [1.54, 1.807) is 33.9 Å². The molecule has 0 bridgehead atoms. The number of piperazine rings is 1. The molecule has 3 aromatic rings. The Balaban J connectivity index is 1.33. The molecule has 1 saturated heterocycles. The first-order valence-corrected chi connectivity index (χ1v) is 11.6. The Morgan fingerprint density at radius 3 is 2.61 bits per heavy atom. The van der Waals surface area contributed by atoms with Crippen molar-refractivity contribution >= 4 is 33.1 Å². The van der Waals surface area contributed by atoms with E-state index in [2.05, 4.69) is 20.2 Å². The highest BCUT2D eigenvalue weighted by Crippen LogP contribution is 2.34. The number of amides is 1. The molecular formula is C20H23N7O3S. The van der Waals surface area contributed by atoms with E-state index >= 15 is 0 Å². The Bertz CT molecular complexity index is 1260. The molecular weight excluding hydrogens is 418 g/mol. The molecule has 2 aliphatic heterocycles. The molecule has 10 nitrogen and oxygen atoms in total. The molecule has 162 valence electrons. The van der Waals surface area contributed by atoms with Gasteiger partial charge in [0, 0.05) is 44.8 Å². The fourth-order valence-corrected chi connectivity index (χ4v) is 5.91. The zero-order chi connectivity index (χ0) is 21.8. The van der Waals surface area contributed by atoms with Gasteiger partial charge in [0.05, 0.1) is 4.90 Å². The highest BCUT2D eigenvalue weighted by Gasteiger charge is 2.33. The average molecular weight is 442 g/mol. The molecule has 31 heavy (non-hydrogen) atoms. The number of sulfonamides is 1. The third-order valence-electron chi connectivity index (χ3n) is 5.95. The van der Waals surface area contributed by atoms with Crippen molar-refractivity contribution in [3.05, 3.63) is 42.2 Å². The molecule has 0 aliphatic carbocycles. The van der Waals surface area contributed by atoms with Gasteiger partial charge < -0.3 is 9.80 Å². The molecule has 0 radical (unpaired) electrons. The molecule has 5 rings (SSSR count). The molecule has 2 aliphatic rings. The largest absolute Gasteiger partial charge is 0.353 e. The van der Waals surface area contributed by atoms with E-state index in [-0.39, 0.29) is 16.8 Å². The minimum atomic E-state index is -3.61. The number of fused-ring (bicyclic) bond motifs is 2. The summed E-state index contributed by atoms with van der Waals surface area (Å²) in [6, 6.07) is 8.82. The minimum absolute atomic E-state index is 0.0312. The van der Waals surface area contributed by atoms with Gasteiger partial charge in [-0.1, -0.05) is 0 Å². The van der Waals surface area contributed by atoms with Gasteiger partial charge in [0.15, 0.2) is 5.65 Å². The van der Waals surface area contributed by atoms with Crippen molar-refractivity contribution in [3.63, 3.8) is 0 Å². The number of rotatable bonds is 3. The Labute approximate surface area is 180 Å². The second kappa shape index (κ2) is 7.27. The van der Waals surface area contributed by atoms with Crippen molar-refractivity contribution in [2.75, 3.05) is 36.0 Å². The predicted octanol–water partition coefficient (Wildman–Crippen LogP) is 0.933. The number of carbonyl (C=O) groups excluding carboxylic acids is 1. The van der Waals surface area contributed by atoms with Gasteiger partial charge in [0.2, 0.25) is 15.9 Å². The van der Waals surface area contributed by atoms with Crippen LogP contribution in [0.4, 0.5) is 11.5 Å². The number of hydrogen-bond acceptors (Lipinski definition) is 7. The van der Waals surface area contributed by atoms with Crippen LogP contribution in [0.1, 0.15) is 19.4 Å². The van der Waals surface area contributed by atoms with Crippen molar-refractivity contribution < 1.29 is 13.2 Å². The Morgan fingerprint density at radius 1 is 1.10 bits per heavy atom. The minimum Gasteiger partial charge on any atom is -0.353 e. The maximum Gasteiger partial charge on any atom is 0.243 e. The molecule has 1 aromatic carbocycles. The van der Waals surface area contributed by atoms with Gasteiger partial charge in [0.25, 0.3) is 0 Å². The molecule has 1 amide bonds. The summed E-state index contributed by atoms with van der Waals surface area (Å²) in [6.45, 7) is 5.33. The summed E-state index contributed by atoms with van der Waals surface area (Å²) in [7, 11) is -3.61. The fraction of sp³-hybridized carbons (Fsp3) is 0.400. The quantitative estimate of drug-likeness (QED) is 0.596. The molecule has 0 unspecified atom stereocenters. The smallest absolute Gasteiger partial charge is 0.243 e. The Hall–Kier alpha value is -3.05. The van der Waals surface area contributed by atoms with Crippen LogP contribution in [0.3, 0.4) is 0 Å². The van der Waals surface area contributed by atoms with Crippen molar-refractivity contribution in [1.29, 1.82) is 0 Å². The lowest BCUT2D eigenvalue weighted by Crippen LogP contribution is -2.49. The number of aromatic nitrogens is 4. The number of hydrogen-bond donors (Lipinski definition) is 0. The molecule has 11 heteroatoms. The summed E-state index contributed by atoms with van der Waals surface area (Å²) in [4.78, 5) is 16.0. The van der Waals surface area contributed by atoms with Gasteiger partial charge in [-0.25, -0.2) is 8.42 Å². The maximum atomic E-state index is 13.3. The highest BCUT2D eigenvalue weighted by atomic mass is 32.2. The maximum absolute atomic E-state index is 13.3. The van der Waals surface area contributed by atoms with Gasteiger partial charge in [-0.2, -0.15) is 8.82 Å². The van der Waals surface area contributed by atoms with Crippen molar-refractivity contribution in [2.45, 2.75) is 31.2 Å². The summed E-state index contributed by atoms with van der Waals surface area (Å²) in [5, 5.41) is 12.3. The van der Waals surface area contributed by atoms with Gasteiger partial charge >= 0.3 is 0 Å². The first-order chi connectivity index (χ1) is 14.8. The molecule has 2 aromatic heterocycles. The molecule has 0 N–H and O–H groups in total. The summed E-state index contributed by atoms with van der Waals surface area (Å²) in [5.41, 5.74) is 2.37. The van der Waals surface area contributed by atoms with Crippen molar-refractivity contribution in [1.82, 2.24) is 24.1 Å². The van der Waals surface area contributed by atoms with Crippen LogP contribution in [0.2, 0.25) is 0 Å². The van der Waals surface area contributed by atoms with Gasteiger partial charge in [-0.3, -0.25) is 4.79 Å². The summed E-state index contributed by atoms with van der Waals surface area (Å²) < 4.78 is 29.6. The third kappa shape index (κ3) is 3.33. The van der Waals surface area contributed by atoms with Crippen LogP contribution in [0.15, 0.2) is 41.6 Å². The molecule has 0 spiro atoms. The third-order valence-corrected chi connectivity index (χ3v) is 7.85. The van der Waals surface area contributed by atoms with Crippen LogP contribution >= 0.6 is 0 Å². The summed E-state index contributed by atoms with van der Waals surface area (Å²) >= 11 is 0. The Kier molecular flexibility index (Phi) is 4.67. The fourth-order valence-electron chi connectivity index (χ4n) is 4.44. The lowest BCUT2D eigenvalue weighted by molar-refractivity contribution is -0.116. The Morgan fingerprint density at radius 2 is 1.87 bits per heavy atom. The van der Waals surface area contributed by atoms with Crippen LogP contribution in [-0.4, -0.2) is 70.7 Å². The predicted molar refractivity (Wildman–Crippen MR) is 115 cm³/mol. The molecule has 1 fully saturated rings. The topological polar surface area (TPSA) is 104 Å². The normalized spacial score (nSPS) is 19.7. The molecule has 0 saturated carbocycles. The van der Waals surface area contributed by atoms with Crippen LogP contribution in [0.5, 0.6) is 0 Å². The van der Waals surface area contributed by atoms with Crippen molar-refractivity contribution in [2.24, 2.45) is 0 Å². The van der Waals surface area contributed by atoms with Crippen LogP contribution < -0.4 is 9.80 Å². The number of benzene rings is 1. The van der Waals surface area contributed by atoms with Crippen LogP contribution in [0, 0.1) is 0 Å². The van der Waals surface area contributed by atoms with Crippen LogP contribution in [-0.2, 0) is 21.2 Å². The monoisotopic (exact) mass is 441 g/mol.